The third kappa shape index (κ3) is 8.65. The fourth-order valence-corrected chi connectivity index (χ4v) is 6.40. The number of hydrogen-bond donors (Lipinski definition) is 0. The van der Waals surface area contributed by atoms with Crippen LogP contribution in [0.2, 0.25) is 0 Å². The summed E-state index contributed by atoms with van der Waals surface area (Å²) in [4.78, 5) is 18.5. The lowest BCUT2D eigenvalue weighted by Gasteiger charge is -2.12. The van der Waals surface area contributed by atoms with Gasteiger partial charge < -0.3 is 0 Å². The lowest BCUT2D eigenvalue weighted by molar-refractivity contribution is 0.981. The molecular weight excluding hydrogens is 908 g/mol. The number of aromatic nitrogens is 6. The first-order valence-corrected chi connectivity index (χ1v) is 19.2. The second-order valence-electron chi connectivity index (χ2n) is 11.4. The van der Waals surface area contributed by atoms with Crippen molar-refractivity contribution in [3.63, 3.8) is 0 Å². The summed E-state index contributed by atoms with van der Waals surface area (Å²) in [7, 11) is 0. The van der Waals surface area contributed by atoms with Gasteiger partial charge in [-0.15, -0.1) is 10.2 Å². The topological polar surface area (TPSA) is 77.3 Å². The van der Waals surface area contributed by atoms with Crippen molar-refractivity contribution in [1.82, 2.24) is 30.1 Å². The van der Waals surface area contributed by atoms with Gasteiger partial charge in [-0.1, -0.05) is 124 Å². The van der Waals surface area contributed by atoms with Crippen LogP contribution >= 0.6 is 63.7 Å². The van der Waals surface area contributed by atoms with E-state index in [0.717, 1.165) is 74.2 Å². The van der Waals surface area contributed by atoms with Gasteiger partial charge in [-0.05, 0) is 90.5 Å². The first kappa shape index (κ1) is 35.7. The quantitative estimate of drug-likeness (QED) is 0.165. The standard InChI is InChI=1S/C22H14Br2N2.C20H12Br2N4/c23-17-8-4-15(5-9-17)19-12-13-21(20-3-1-2-14-25-20)26-22(19)16-6-10-18(24)11-7-16;21-15-8-4-13(5-9-15)18-19(14-6-10-16(22)11-7-14)25-26-20(24-18)17-3-1-2-12-23-17/h1-14H;1-12H. The Bertz CT molecular complexity index is 2240. The zero-order chi connectivity index (χ0) is 35.9. The molecule has 0 aliphatic heterocycles. The Labute approximate surface area is 335 Å². The summed E-state index contributed by atoms with van der Waals surface area (Å²) in [6.07, 6.45) is 3.51. The molecule has 252 valence electrons. The van der Waals surface area contributed by atoms with Crippen molar-refractivity contribution in [2.24, 2.45) is 0 Å². The Morgan fingerprint density at radius 1 is 0.327 bits per heavy atom. The molecule has 52 heavy (non-hydrogen) atoms. The Balaban J connectivity index is 0.000000162. The number of benzene rings is 4. The van der Waals surface area contributed by atoms with Gasteiger partial charge in [0.2, 0.25) is 5.82 Å². The highest BCUT2D eigenvalue weighted by Gasteiger charge is 2.16. The van der Waals surface area contributed by atoms with Crippen LogP contribution in [0.3, 0.4) is 0 Å². The Morgan fingerprint density at radius 2 is 0.788 bits per heavy atom. The van der Waals surface area contributed by atoms with Crippen LogP contribution in [-0.2, 0) is 0 Å². The van der Waals surface area contributed by atoms with E-state index in [2.05, 4.69) is 114 Å². The summed E-state index contributed by atoms with van der Waals surface area (Å²) in [5, 5.41) is 8.78. The van der Waals surface area contributed by atoms with Crippen LogP contribution in [-0.4, -0.2) is 30.1 Å². The molecule has 0 saturated heterocycles. The molecule has 0 fully saturated rings. The molecule has 0 amide bonds. The molecule has 6 nitrogen and oxygen atoms in total. The van der Waals surface area contributed by atoms with Gasteiger partial charge in [0, 0.05) is 52.5 Å². The maximum atomic E-state index is 4.95. The molecule has 8 aromatic rings. The van der Waals surface area contributed by atoms with Gasteiger partial charge in [0.25, 0.3) is 0 Å². The molecule has 10 heteroatoms. The van der Waals surface area contributed by atoms with Gasteiger partial charge in [0.1, 0.15) is 17.1 Å². The van der Waals surface area contributed by atoms with E-state index in [1.54, 1.807) is 12.4 Å². The van der Waals surface area contributed by atoms with Crippen LogP contribution in [0.5, 0.6) is 0 Å². The molecule has 0 atom stereocenters. The summed E-state index contributed by atoms with van der Waals surface area (Å²) in [6.45, 7) is 0. The molecule has 0 aliphatic carbocycles. The van der Waals surface area contributed by atoms with Gasteiger partial charge in [0.15, 0.2) is 0 Å². The second-order valence-corrected chi connectivity index (χ2v) is 15.0. The van der Waals surface area contributed by atoms with Crippen LogP contribution in [0.1, 0.15) is 0 Å². The number of halogens is 4. The highest BCUT2D eigenvalue weighted by atomic mass is 79.9. The molecule has 0 unspecified atom stereocenters. The van der Waals surface area contributed by atoms with Crippen molar-refractivity contribution < 1.29 is 0 Å². The van der Waals surface area contributed by atoms with Crippen LogP contribution in [0.25, 0.3) is 67.8 Å². The van der Waals surface area contributed by atoms with E-state index in [4.69, 9.17) is 9.97 Å². The van der Waals surface area contributed by atoms with E-state index in [0.29, 0.717) is 11.5 Å². The van der Waals surface area contributed by atoms with Gasteiger partial charge in [-0.25, -0.2) is 9.97 Å². The van der Waals surface area contributed by atoms with Crippen LogP contribution in [0.15, 0.2) is 176 Å². The van der Waals surface area contributed by atoms with Gasteiger partial charge in [-0.3, -0.25) is 9.97 Å². The fourth-order valence-electron chi connectivity index (χ4n) is 5.35. The van der Waals surface area contributed by atoms with E-state index < -0.39 is 0 Å². The summed E-state index contributed by atoms with van der Waals surface area (Å²) < 4.78 is 4.13. The normalized spacial score (nSPS) is 10.7. The maximum absolute atomic E-state index is 4.95. The van der Waals surface area contributed by atoms with Crippen LogP contribution < -0.4 is 0 Å². The molecule has 4 aromatic carbocycles. The first-order valence-electron chi connectivity index (χ1n) is 16.0. The molecule has 0 spiro atoms. The fraction of sp³-hybridized carbons (Fsp3) is 0. The SMILES string of the molecule is Brc1ccc(-c2ccc(-c3ccccn3)nc2-c2ccc(Br)cc2)cc1.Brc1ccc(-c2nnc(-c3ccccn3)nc2-c2ccc(Br)cc2)cc1. The number of nitrogens with zero attached hydrogens (tertiary/aromatic N) is 6. The largest absolute Gasteiger partial charge is 0.255 e. The average Bonchev–Trinajstić information content (AvgIpc) is 3.20. The Kier molecular flexibility index (Phi) is 11.5. The Morgan fingerprint density at radius 3 is 1.29 bits per heavy atom. The lowest BCUT2D eigenvalue weighted by Crippen LogP contribution is -2.00. The van der Waals surface area contributed by atoms with Crippen molar-refractivity contribution >= 4 is 63.7 Å². The minimum absolute atomic E-state index is 0.504. The number of hydrogen-bond acceptors (Lipinski definition) is 6. The Hall–Kier alpha value is -4.74. The third-order valence-corrected chi connectivity index (χ3v) is 10.0. The summed E-state index contributed by atoms with van der Waals surface area (Å²) in [6, 6.07) is 48.2. The first-order chi connectivity index (χ1) is 25.4. The molecule has 0 saturated carbocycles. The lowest BCUT2D eigenvalue weighted by atomic mass is 9.98. The predicted molar refractivity (Wildman–Crippen MR) is 223 cm³/mol. The number of rotatable bonds is 6. The molecule has 8 rings (SSSR count). The third-order valence-electron chi connectivity index (χ3n) is 7.91. The van der Waals surface area contributed by atoms with Crippen LogP contribution in [0, 0.1) is 0 Å². The maximum Gasteiger partial charge on any atom is 0.201 e. The molecule has 0 N–H and O–H groups in total. The van der Waals surface area contributed by atoms with E-state index in [1.165, 1.54) is 0 Å². The summed E-state index contributed by atoms with van der Waals surface area (Å²) in [5.41, 5.74) is 10.1. The molecule has 0 radical (unpaired) electrons. The zero-order valence-corrected chi connectivity index (χ0v) is 33.6. The highest BCUT2D eigenvalue weighted by molar-refractivity contribution is 9.11. The van der Waals surface area contributed by atoms with Crippen molar-refractivity contribution in [2.45, 2.75) is 0 Å². The van der Waals surface area contributed by atoms with Crippen molar-refractivity contribution in [3.05, 3.63) is 176 Å². The van der Waals surface area contributed by atoms with Crippen molar-refractivity contribution in [3.8, 4) is 67.8 Å². The van der Waals surface area contributed by atoms with Gasteiger partial charge in [-0.2, -0.15) is 0 Å². The minimum atomic E-state index is 0.504. The average molecular weight is 934 g/mol. The van der Waals surface area contributed by atoms with Crippen molar-refractivity contribution in [2.75, 3.05) is 0 Å². The predicted octanol–water partition coefficient (Wildman–Crippen LogP) is 12.8. The van der Waals surface area contributed by atoms with E-state index in [1.807, 2.05) is 115 Å². The molecule has 4 aromatic heterocycles. The van der Waals surface area contributed by atoms with E-state index in [-0.39, 0.29) is 0 Å². The monoisotopic (exact) mass is 930 g/mol. The summed E-state index contributed by atoms with van der Waals surface area (Å²) in [5.74, 6) is 0.504. The van der Waals surface area contributed by atoms with Gasteiger partial charge >= 0.3 is 0 Å². The number of pyridine rings is 3. The van der Waals surface area contributed by atoms with E-state index >= 15 is 0 Å². The molecule has 0 bridgehead atoms. The minimum Gasteiger partial charge on any atom is -0.255 e. The second kappa shape index (κ2) is 16.7. The molecular formula is C42H26Br4N6. The van der Waals surface area contributed by atoms with Crippen LogP contribution in [0.4, 0.5) is 0 Å². The highest BCUT2D eigenvalue weighted by Crippen LogP contribution is 2.34. The van der Waals surface area contributed by atoms with Gasteiger partial charge in [0.05, 0.1) is 17.1 Å². The molecule has 0 aliphatic rings. The smallest absolute Gasteiger partial charge is 0.201 e. The van der Waals surface area contributed by atoms with E-state index in [9.17, 15) is 0 Å². The zero-order valence-electron chi connectivity index (χ0n) is 27.2. The molecule has 4 heterocycles. The summed E-state index contributed by atoms with van der Waals surface area (Å²) >= 11 is 14.0. The van der Waals surface area contributed by atoms with Crippen molar-refractivity contribution in [1.29, 1.82) is 0 Å².